The van der Waals surface area contributed by atoms with E-state index in [2.05, 4.69) is 10.6 Å². The van der Waals surface area contributed by atoms with Crippen LogP contribution >= 0.6 is 0 Å². The summed E-state index contributed by atoms with van der Waals surface area (Å²) in [4.78, 5) is 22.4. The molecule has 0 spiro atoms. The van der Waals surface area contributed by atoms with Crippen LogP contribution in [0.4, 0.5) is 13.2 Å². The van der Waals surface area contributed by atoms with Gasteiger partial charge in [-0.05, 0) is 18.3 Å². The molecule has 0 atom stereocenters. The van der Waals surface area contributed by atoms with Gasteiger partial charge in [0.15, 0.2) is 0 Å². The lowest BCUT2D eigenvalue weighted by Gasteiger charge is -2.37. The fourth-order valence-corrected chi connectivity index (χ4v) is 2.35. The van der Waals surface area contributed by atoms with Crippen molar-refractivity contribution in [2.24, 2.45) is 5.41 Å². The maximum Gasteiger partial charge on any atom is 0.401 e. The summed E-state index contributed by atoms with van der Waals surface area (Å²) in [6, 6.07) is -0.368. The summed E-state index contributed by atoms with van der Waals surface area (Å²) >= 11 is 0. The lowest BCUT2D eigenvalue weighted by Crippen LogP contribution is -2.54. The molecule has 3 N–H and O–H groups in total. The molecule has 1 amide bonds. The number of nitrogens with one attached hydrogen (secondary N) is 2. The van der Waals surface area contributed by atoms with Crippen LogP contribution in [0.15, 0.2) is 0 Å². The number of alkyl halides is 3. The van der Waals surface area contributed by atoms with Gasteiger partial charge in [-0.2, -0.15) is 13.2 Å². The fraction of sp³-hybridized carbons (Fsp3) is 0.846. The highest BCUT2D eigenvalue weighted by molar-refractivity contribution is 5.78. The van der Waals surface area contributed by atoms with Crippen molar-refractivity contribution in [2.75, 3.05) is 6.54 Å². The summed E-state index contributed by atoms with van der Waals surface area (Å²) in [6.07, 6.45) is -3.34. The molecule has 21 heavy (non-hydrogen) atoms. The molecule has 1 aliphatic carbocycles. The Labute approximate surface area is 121 Å². The Hall–Kier alpha value is -1.31. The molecule has 0 radical (unpaired) electrons. The lowest BCUT2D eigenvalue weighted by molar-refractivity contribution is -0.140. The molecule has 0 aromatic carbocycles. The van der Waals surface area contributed by atoms with Gasteiger partial charge in [-0.3, -0.25) is 9.59 Å². The van der Waals surface area contributed by atoms with E-state index in [1.54, 1.807) is 13.8 Å². The summed E-state index contributed by atoms with van der Waals surface area (Å²) in [7, 11) is 0. The normalized spacial score (nSPS) is 22.5. The molecule has 0 unspecified atom stereocenters. The molecule has 1 fully saturated rings. The maximum atomic E-state index is 12.0. The Morgan fingerprint density at radius 2 is 1.71 bits per heavy atom. The van der Waals surface area contributed by atoms with Crippen molar-refractivity contribution in [3.05, 3.63) is 0 Å². The van der Waals surface area contributed by atoms with Crippen molar-refractivity contribution in [2.45, 2.75) is 57.8 Å². The molecule has 0 aliphatic heterocycles. The van der Waals surface area contributed by atoms with E-state index in [1.807, 2.05) is 0 Å². The van der Waals surface area contributed by atoms with Gasteiger partial charge in [0.25, 0.3) is 0 Å². The number of carboxylic acids is 1. The van der Waals surface area contributed by atoms with E-state index in [0.29, 0.717) is 12.8 Å². The third-order valence-corrected chi connectivity index (χ3v) is 3.36. The van der Waals surface area contributed by atoms with Gasteiger partial charge in [0, 0.05) is 18.5 Å². The van der Waals surface area contributed by atoms with Gasteiger partial charge in [0.05, 0.1) is 13.0 Å². The highest BCUT2D eigenvalue weighted by Crippen LogP contribution is 2.26. The van der Waals surface area contributed by atoms with Crippen LogP contribution in [0.25, 0.3) is 0 Å². The molecule has 0 bridgehead atoms. The third-order valence-electron chi connectivity index (χ3n) is 3.36. The number of hydrogen-bond donors (Lipinski definition) is 3. The second-order valence-corrected chi connectivity index (χ2v) is 6.34. The first-order valence-corrected chi connectivity index (χ1v) is 6.78. The fourth-order valence-electron chi connectivity index (χ4n) is 2.35. The molecule has 1 saturated carbocycles. The van der Waals surface area contributed by atoms with Crippen molar-refractivity contribution in [3.8, 4) is 0 Å². The second kappa shape index (κ2) is 6.64. The summed E-state index contributed by atoms with van der Waals surface area (Å²) in [5, 5.41) is 13.8. The average molecular weight is 310 g/mol. The first-order valence-electron chi connectivity index (χ1n) is 6.78. The predicted molar refractivity (Wildman–Crippen MR) is 69.7 cm³/mol. The highest BCUT2D eigenvalue weighted by Gasteiger charge is 2.35. The number of aliphatic carboxylic acids is 1. The summed E-state index contributed by atoms with van der Waals surface area (Å²) in [6.45, 7) is 2.36. The molecule has 0 heterocycles. The van der Waals surface area contributed by atoms with Gasteiger partial charge in [-0.25, -0.2) is 0 Å². The summed E-state index contributed by atoms with van der Waals surface area (Å²) < 4.78 is 36.0. The Morgan fingerprint density at radius 1 is 1.14 bits per heavy atom. The van der Waals surface area contributed by atoms with Crippen LogP contribution in [0, 0.1) is 5.41 Å². The maximum absolute atomic E-state index is 12.0. The Bertz CT molecular complexity index is 391. The van der Waals surface area contributed by atoms with Crippen LogP contribution in [0.1, 0.15) is 39.5 Å². The molecule has 0 aromatic rings. The molecule has 122 valence electrons. The van der Waals surface area contributed by atoms with E-state index >= 15 is 0 Å². The highest BCUT2D eigenvalue weighted by atomic mass is 19.4. The number of carbonyl (C=O) groups excluding carboxylic acids is 1. The second-order valence-electron chi connectivity index (χ2n) is 6.34. The number of halogens is 3. The zero-order valence-electron chi connectivity index (χ0n) is 12.1. The predicted octanol–water partition coefficient (Wildman–Crippen LogP) is 1.68. The topological polar surface area (TPSA) is 78.4 Å². The summed E-state index contributed by atoms with van der Waals surface area (Å²) in [5.74, 6) is -1.23. The Balaban J connectivity index is 2.22. The van der Waals surface area contributed by atoms with Crippen molar-refractivity contribution >= 4 is 11.9 Å². The number of rotatable bonds is 7. The molecule has 1 aliphatic rings. The van der Waals surface area contributed by atoms with Crippen LogP contribution in [0.3, 0.4) is 0 Å². The molecular weight excluding hydrogens is 289 g/mol. The number of carboxylic acid groups (broad SMARTS) is 1. The Kier molecular flexibility index (Phi) is 5.61. The first-order chi connectivity index (χ1) is 9.47. The molecule has 0 aromatic heterocycles. The Morgan fingerprint density at radius 3 is 2.19 bits per heavy atom. The van der Waals surface area contributed by atoms with E-state index in [0.717, 1.165) is 0 Å². The van der Waals surface area contributed by atoms with Crippen molar-refractivity contribution in [1.29, 1.82) is 0 Å². The number of amides is 1. The standard InChI is InChI=1S/C13H21F3N2O3/c1-12(2,6-11(20)21)5-10(19)18-9-3-8(4-9)17-7-13(14,15)16/h8-9,17H,3-7H2,1-2H3,(H,18,19)(H,20,21). The van der Waals surface area contributed by atoms with Crippen LogP contribution < -0.4 is 10.6 Å². The molecule has 8 heteroatoms. The molecule has 1 rings (SSSR count). The number of hydrogen-bond acceptors (Lipinski definition) is 3. The zero-order valence-corrected chi connectivity index (χ0v) is 12.1. The van der Waals surface area contributed by atoms with Gasteiger partial charge in [0.2, 0.25) is 5.91 Å². The molecule has 5 nitrogen and oxygen atoms in total. The van der Waals surface area contributed by atoms with Gasteiger partial charge >= 0.3 is 12.1 Å². The minimum Gasteiger partial charge on any atom is -0.481 e. The van der Waals surface area contributed by atoms with Crippen LogP contribution in [-0.4, -0.2) is 41.8 Å². The average Bonchev–Trinajstić information content (AvgIpc) is 2.16. The molecular formula is C13H21F3N2O3. The molecule has 0 saturated heterocycles. The van der Waals surface area contributed by atoms with Crippen LogP contribution in [0.2, 0.25) is 0 Å². The van der Waals surface area contributed by atoms with E-state index in [-0.39, 0.29) is 30.8 Å². The van der Waals surface area contributed by atoms with E-state index in [9.17, 15) is 22.8 Å². The SMILES string of the molecule is CC(C)(CC(=O)O)CC(=O)NC1CC(NCC(F)(F)F)C1. The van der Waals surface area contributed by atoms with Crippen LogP contribution in [0.5, 0.6) is 0 Å². The largest absolute Gasteiger partial charge is 0.481 e. The minimum absolute atomic E-state index is 0.0798. The third kappa shape index (κ3) is 7.31. The number of carbonyl (C=O) groups is 2. The zero-order chi connectivity index (χ0) is 16.3. The van der Waals surface area contributed by atoms with Crippen molar-refractivity contribution < 1.29 is 27.9 Å². The van der Waals surface area contributed by atoms with Gasteiger partial charge < -0.3 is 15.7 Å². The lowest BCUT2D eigenvalue weighted by atomic mass is 9.83. The van der Waals surface area contributed by atoms with E-state index in [1.165, 1.54) is 0 Å². The van der Waals surface area contributed by atoms with E-state index in [4.69, 9.17) is 5.11 Å². The summed E-state index contributed by atoms with van der Waals surface area (Å²) in [5.41, 5.74) is -0.645. The van der Waals surface area contributed by atoms with Crippen molar-refractivity contribution in [3.63, 3.8) is 0 Å². The quantitative estimate of drug-likeness (QED) is 0.668. The smallest absolute Gasteiger partial charge is 0.401 e. The van der Waals surface area contributed by atoms with Gasteiger partial charge in [-0.15, -0.1) is 0 Å². The van der Waals surface area contributed by atoms with Crippen molar-refractivity contribution in [1.82, 2.24) is 10.6 Å². The van der Waals surface area contributed by atoms with Crippen LogP contribution in [-0.2, 0) is 9.59 Å². The minimum atomic E-state index is -4.23. The van der Waals surface area contributed by atoms with Gasteiger partial charge in [0.1, 0.15) is 0 Å². The first kappa shape index (κ1) is 17.7. The van der Waals surface area contributed by atoms with Gasteiger partial charge in [-0.1, -0.05) is 13.8 Å². The van der Waals surface area contributed by atoms with E-state index < -0.39 is 24.1 Å². The monoisotopic (exact) mass is 310 g/mol.